The van der Waals surface area contributed by atoms with Crippen molar-refractivity contribution in [1.29, 1.82) is 0 Å². The quantitative estimate of drug-likeness (QED) is 0.152. The minimum atomic E-state index is -0.670. The van der Waals surface area contributed by atoms with Crippen molar-refractivity contribution >= 4 is 45.1 Å². The van der Waals surface area contributed by atoms with Crippen LogP contribution in [0.2, 0.25) is 0 Å². The molecule has 0 fully saturated rings. The standard InChI is InChI=1S/C63H42N2O/c1-5-17-47(18-6-1)64(48-19-7-2-8-20-48)51-35-29-43(30-36-51)45-33-39-54-53-25-13-15-27-57(53)63(58(54)41-45)59-42-46(34-40-55(59)61-56-26-14-16-28-60(56)66-62(61)63)44-31-37-52(38-32-44)65(49-21-9-3-10-22-49)50-23-11-4-12-24-50/h1-42H. The summed E-state index contributed by atoms with van der Waals surface area (Å²) in [5.74, 6) is 0.993. The molecule has 1 aromatic heterocycles. The molecule has 10 aromatic carbocycles. The predicted octanol–water partition coefficient (Wildman–Crippen LogP) is 17.0. The summed E-state index contributed by atoms with van der Waals surface area (Å²) in [5, 5.41) is 1.14. The van der Waals surface area contributed by atoms with E-state index in [1.54, 1.807) is 0 Å². The number of benzene rings is 10. The molecular weight excluding hydrogens is 801 g/mol. The van der Waals surface area contributed by atoms with Crippen molar-refractivity contribution in [3.05, 3.63) is 277 Å². The maximum Gasteiger partial charge on any atom is 0.135 e. The largest absolute Gasteiger partial charge is 0.459 e. The van der Waals surface area contributed by atoms with Crippen LogP contribution in [0, 0.1) is 0 Å². The highest BCUT2D eigenvalue weighted by atomic mass is 16.3. The molecule has 1 spiro atoms. The summed E-state index contributed by atoms with van der Waals surface area (Å²) in [7, 11) is 0. The predicted molar refractivity (Wildman–Crippen MR) is 273 cm³/mol. The molecule has 1 atom stereocenters. The van der Waals surface area contributed by atoms with E-state index in [0.29, 0.717) is 0 Å². The van der Waals surface area contributed by atoms with Crippen molar-refractivity contribution in [2.24, 2.45) is 0 Å². The monoisotopic (exact) mass is 842 g/mol. The second-order valence-corrected chi connectivity index (χ2v) is 17.2. The van der Waals surface area contributed by atoms with E-state index in [2.05, 4.69) is 265 Å². The second-order valence-electron chi connectivity index (χ2n) is 17.2. The van der Waals surface area contributed by atoms with E-state index in [9.17, 15) is 0 Å². The molecule has 2 aliphatic rings. The van der Waals surface area contributed by atoms with Crippen molar-refractivity contribution in [1.82, 2.24) is 0 Å². The zero-order chi connectivity index (χ0) is 43.6. The fourth-order valence-electron chi connectivity index (χ4n) is 10.8. The van der Waals surface area contributed by atoms with Crippen LogP contribution in [-0.2, 0) is 5.41 Å². The molecule has 0 saturated carbocycles. The van der Waals surface area contributed by atoms with Crippen molar-refractivity contribution < 1.29 is 4.42 Å². The second kappa shape index (κ2) is 15.3. The van der Waals surface area contributed by atoms with Gasteiger partial charge in [-0.25, -0.2) is 0 Å². The highest BCUT2D eigenvalue weighted by Crippen LogP contribution is 2.65. The first-order valence-corrected chi connectivity index (χ1v) is 22.7. The number of hydrogen-bond acceptors (Lipinski definition) is 3. The van der Waals surface area contributed by atoms with Crippen LogP contribution < -0.4 is 9.80 Å². The first kappa shape index (κ1) is 37.9. The van der Waals surface area contributed by atoms with Gasteiger partial charge in [-0.2, -0.15) is 0 Å². The molecule has 0 radical (unpaired) electrons. The average Bonchev–Trinajstić information content (AvgIpc) is 4.02. The van der Waals surface area contributed by atoms with Crippen molar-refractivity contribution in [2.45, 2.75) is 5.41 Å². The summed E-state index contributed by atoms with van der Waals surface area (Å²) >= 11 is 0. The summed E-state index contributed by atoms with van der Waals surface area (Å²) in [6, 6.07) is 92.0. The van der Waals surface area contributed by atoms with Crippen molar-refractivity contribution in [3.8, 4) is 44.5 Å². The average molecular weight is 843 g/mol. The lowest BCUT2D eigenvalue weighted by Gasteiger charge is -2.29. The first-order chi connectivity index (χ1) is 32.7. The maximum atomic E-state index is 7.18. The van der Waals surface area contributed by atoms with E-state index >= 15 is 0 Å². The number of furan rings is 1. The molecule has 1 heterocycles. The van der Waals surface area contributed by atoms with Gasteiger partial charge < -0.3 is 14.2 Å². The van der Waals surface area contributed by atoms with Gasteiger partial charge in [0.1, 0.15) is 16.8 Å². The van der Waals surface area contributed by atoms with E-state index in [4.69, 9.17) is 4.42 Å². The Bertz CT molecular complexity index is 3490. The van der Waals surface area contributed by atoms with Gasteiger partial charge in [0, 0.05) is 45.1 Å². The van der Waals surface area contributed by atoms with Gasteiger partial charge in [0.25, 0.3) is 0 Å². The van der Waals surface area contributed by atoms with Crippen LogP contribution in [0.15, 0.2) is 259 Å². The van der Waals surface area contributed by atoms with Crippen LogP contribution in [0.3, 0.4) is 0 Å². The van der Waals surface area contributed by atoms with Crippen LogP contribution in [0.5, 0.6) is 0 Å². The van der Waals surface area contributed by atoms with E-state index in [-0.39, 0.29) is 0 Å². The Balaban J connectivity index is 0.959. The Morgan fingerprint density at radius 3 is 1.18 bits per heavy atom. The first-order valence-electron chi connectivity index (χ1n) is 22.7. The Kier molecular flexibility index (Phi) is 8.75. The van der Waals surface area contributed by atoms with E-state index in [1.165, 1.54) is 44.5 Å². The van der Waals surface area contributed by atoms with Crippen LogP contribution in [0.1, 0.15) is 22.5 Å². The van der Waals surface area contributed by atoms with E-state index in [1.807, 2.05) is 0 Å². The molecule has 0 aliphatic heterocycles. The van der Waals surface area contributed by atoms with Gasteiger partial charge in [0.15, 0.2) is 0 Å². The number of fused-ring (bicyclic) bond motifs is 12. The maximum absolute atomic E-state index is 7.18. The number of rotatable bonds is 8. The fraction of sp³-hybridized carbons (Fsp3) is 0.0159. The molecule has 310 valence electrons. The molecular formula is C63H42N2O. The Morgan fingerprint density at radius 1 is 0.288 bits per heavy atom. The molecule has 11 aromatic rings. The van der Waals surface area contributed by atoms with Gasteiger partial charge in [0.2, 0.25) is 0 Å². The van der Waals surface area contributed by atoms with Gasteiger partial charge in [-0.3, -0.25) is 0 Å². The molecule has 0 N–H and O–H groups in total. The van der Waals surface area contributed by atoms with Crippen LogP contribution in [-0.4, -0.2) is 0 Å². The van der Waals surface area contributed by atoms with Gasteiger partial charge in [-0.05, 0) is 147 Å². The lowest BCUT2D eigenvalue weighted by molar-refractivity contribution is 0.507. The Hall–Kier alpha value is -8.66. The zero-order valence-electron chi connectivity index (χ0n) is 36.1. The summed E-state index contributed by atoms with van der Waals surface area (Å²) in [5.41, 5.74) is 20.2. The summed E-state index contributed by atoms with van der Waals surface area (Å²) < 4.78 is 7.18. The molecule has 2 aliphatic carbocycles. The van der Waals surface area contributed by atoms with Crippen LogP contribution in [0.25, 0.3) is 55.5 Å². The normalized spacial score (nSPS) is 14.1. The molecule has 1 unspecified atom stereocenters. The molecule has 3 nitrogen and oxygen atoms in total. The summed E-state index contributed by atoms with van der Waals surface area (Å²) in [4.78, 5) is 4.62. The summed E-state index contributed by atoms with van der Waals surface area (Å²) in [6.45, 7) is 0. The molecule has 0 amide bonds. The van der Waals surface area contributed by atoms with Gasteiger partial charge >= 0.3 is 0 Å². The van der Waals surface area contributed by atoms with Crippen molar-refractivity contribution in [3.63, 3.8) is 0 Å². The lowest BCUT2D eigenvalue weighted by atomic mass is 9.72. The SMILES string of the molecule is c1ccc(N(c2ccccc2)c2ccc(-c3ccc4c(c3)C3(c5ccccc5-4)c4cc(-c5ccc(N(c6ccccc6)c6ccccc6)cc5)ccc4-c4c3oc3ccccc43)cc2)cc1. The number of nitrogens with zero attached hydrogens (tertiary/aromatic N) is 2. The highest BCUT2D eigenvalue weighted by Gasteiger charge is 2.55. The number of hydrogen-bond donors (Lipinski definition) is 0. The smallest absolute Gasteiger partial charge is 0.135 e. The third-order valence-corrected chi connectivity index (χ3v) is 13.6. The van der Waals surface area contributed by atoms with Gasteiger partial charge in [-0.1, -0.05) is 164 Å². The number of para-hydroxylation sites is 5. The lowest BCUT2D eigenvalue weighted by Crippen LogP contribution is -2.25. The third-order valence-electron chi connectivity index (χ3n) is 13.6. The number of anilines is 6. The Morgan fingerprint density at radius 2 is 0.667 bits per heavy atom. The van der Waals surface area contributed by atoms with E-state index in [0.717, 1.165) is 67.5 Å². The summed E-state index contributed by atoms with van der Waals surface area (Å²) in [6.07, 6.45) is 0. The fourth-order valence-corrected chi connectivity index (χ4v) is 10.8. The minimum Gasteiger partial charge on any atom is -0.459 e. The van der Waals surface area contributed by atoms with Crippen LogP contribution >= 0.6 is 0 Å². The Labute approximate surface area is 384 Å². The molecule has 3 heteroatoms. The van der Waals surface area contributed by atoms with Crippen molar-refractivity contribution in [2.75, 3.05) is 9.80 Å². The zero-order valence-corrected chi connectivity index (χ0v) is 36.1. The van der Waals surface area contributed by atoms with Gasteiger partial charge in [-0.15, -0.1) is 0 Å². The molecule has 0 saturated heterocycles. The van der Waals surface area contributed by atoms with Gasteiger partial charge in [0.05, 0.1) is 0 Å². The molecule has 13 rings (SSSR count). The highest BCUT2D eigenvalue weighted by molar-refractivity contribution is 6.05. The molecule has 0 bridgehead atoms. The third kappa shape index (κ3) is 5.84. The minimum absolute atomic E-state index is 0.670. The van der Waals surface area contributed by atoms with E-state index < -0.39 is 5.41 Å². The van der Waals surface area contributed by atoms with Crippen LogP contribution in [0.4, 0.5) is 34.1 Å². The molecule has 66 heavy (non-hydrogen) atoms. The topological polar surface area (TPSA) is 19.6 Å².